The summed E-state index contributed by atoms with van der Waals surface area (Å²) >= 11 is 0. The standard InChI is InChI=1S/C15H21NO4S/c1-4-5-10-20-15(17)8-9-16-21(18,19)14-7-6-12(2)13(3)11-14/h4-7,11,16H,8-10H2,1-3H3/b5-4+. The molecule has 1 rings (SSSR count). The van der Waals surface area contributed by atoms with Crippen LogP contribution in [0.15, 0.2) is 35.2 Å². The molecule has 21 heavy (non-hydrogen) atoms. The number of ether oxygens (including phenoxy) is 1. The van der Waals surface area contributed by atoms with Crippen LogP contribution in [0.3, 0.4) is 0 Å². The molecule has 0 amide bonds. The zero-order valence-electron chi connectivity index (χ0n) is 12.5. The van der Waals surface area contributed by atoms with E-state index in [4.69, 9.17) is 4.74 Å². The number of hydrogen-bond donors (Lipinski definition) is 1. The molecule has 0 aliphatic carbocycles. The first kappa shape index (κ1) is 17.4. The van der Waals surface area contributed by atoms with E-state index in [1.165, 1.54) is 0 Å². The number of esters is 1. The molecule has 0 unspecified atom stereocenters. The Bertz CT molecular complexity index is 621. The molecule has 0 radical (unpaired) electrons. The van der Waals surface area contributed by atoms with Crippen molar-refractivity contribution in [2.75, 3.05) is 13.2 Å². The second-order valence-electron chi connectivity index (χ2n) is 4.65. The van der Waals surface area contributed by atoms with E-state index in [1.54, 1.807) is 30.4 Å². The third kappa shape index (κ3) is 5.69. The Morgan fingerprint density at radius 1 is 1.29 bits per heavy atom. The van der Waals surface area contributed by atoms with Gasteiger partial charge in [0, 0.05) is 6.54 Å². The van der Waals surface area contributed by atoms with E-state index >= 15 is 0 Å². The van der Waals surface area contributed by atoms with Gasteiger partial charge in [-0.25, -0.2) is 13.1 Å². The van der Waals surface area contributed by atoms with Crippen molar-refractivity contribution in [1.82, 2.24) is 4.72 Å². The molecule has 0 aromatic heterocycles. The van der Waals surface area contributed by atoms with E-state index in [-0.39, 0.29) is 24.5 Å². The molecule has 6 heteroatoms. The van der Waals surface area contributed by atoms with Crippen molar-refractivity contribution >= 4 is 16.0 Å². The second-order valence-corrected chi connectivity index (χ2v) is 6.41. The highest BCUT2D eigenvalue weighted by Gasteiger charge is 2.15. The smallest absolute Gasteiger partial charge is 0.307 e. The van der Waals surface area contributed by atoms with Crippen LogP contribution in [0.4, 0.5) is 0 Å². The van der Waals surface area contributed by atoms with E-state index in [0.717, 1.165) is 11.1 Å². The molecule has 0 atom stereocenters. The highest BCUT2D eigenvalue weighted by molar-refractivity contribution is 7.89. The zero-order valence-corrected chi connectivity index (χ0v) is 13.4. The van der Waals surface area contributed by atoms with Crippen LogP contribution >= 0.6 is 0 Å². The van der Waals surface area contributed by atoms with Crippen molar-refractivity contribution in [3.8, 4) is 0 Å². The molecule has 0 bridgehead atoms. The van der Waals surface area contributed by atoms with E-state index in [0.29, 0.717) is 0 Å². The maximum atomic E-state index is 12.1. The molecule has 0 fully saturated rings. The van der Waals surface area contributed by atoms with Gasteiger partial charge in [-0.05, 0) is 44.0 Å². The third-order valence-electron chi connectivity index (χ3n) is 2.99. The van der Waals surface area contributed by atoms with Gasteiger partial charge in [0.1, 0.15) is 6.61 Å². The average molecular weight is 311 g/mol. The van der Waals surface area contributed by atoms with Gasteiger partial charge in [0.05, 0.1) is 11.3 Å². The summed E-state index contributed by atoms with van der Waals surface area (Å²) in [7, 11) is -3.59. The minimum absolute atomic E-state index is 0.00161. The van der Waals surface area contributed by atoms with Crippen LogP contribution in [0.5, 0.6) is 0 Å². The maximum absolute atomic E-state index is 12.1. The molecule has 1 aromatic rings. The van der Waals surface area contributed by atoms with Gasteiger partial charge in [-0.2, -0.15) is 0 Å². The number of carbonyl (C=O) groups is 1. The predicted octanol–water partition coefficient (Wildman–Crippen LogP) is 2.09. The summed E-state index contributed by atoms with van der Waals surface area (Å²) in [5.41, 5.74) is 1.94. The summed E-state index contributed by atoms with van der Waals surface area (Å²) < 4.78 is 31.4. The lowest BCUT2D eigenvalue weighted by molar-refractivity contribution is -0.142. The number of rotatable bonds is 7. The molecule has 116 valence electrons. The first-order chi connectivity index (χ1) is 9.86. The van der Waals surface area contributed by atoms with Gasteiger partial charge in [0.2, 0.25) is 10.0 Å². The molecule has 1 N–H and O–H groups in total. The van der Waals surface area contributed by atoms with E-state index < -0.39 is 16.0 Å². The molecule has 0 saturated carbocycles. The summed E-state index contributed by atoms with van der Waals surface area (Å²) in [6, 6.07) is 4.92. The highest BCUT2D eigenvalue weighted by atomic mass is 32.2. The van der Waals surface area contributed by atoms with Crippen LogP contribution in [-0.2, 0) is 19.6 Å². The molecule has 0 spiro atoms. The fourth-order valence-electron chi connectivity index (χ4n) is 1.56. The van der Waals surface area contributed by atoms with Crippen molar-refractivity contribution in [2.24, 2.45) is 0 Å². The zero-order chi connectivity index (χ0) is 15.9. The van der Waals surface area contributed by atoms with Crippen molar-refractivity contribution in [3.63, 3.8) is 0 Å². The van der Waals surface area contributed by atoms with Gasteiger partial charge in [-0.3, -0.25) is 4.79 Å². The van der Waals surface area contributed by atoms with Gasteiger partial charge in [0.15, 0.2) is 0 Å². The molecular weight excluding hydrogens is 290 g/mol. The van der Waals surface area contributed by atoms with E-state index in [2.05, 4.69) is 4.72 Å². The summed E-state index contributed by atoms with van der Waals surface area (Å²) in [6.07, 6.45) is 3.48. The Morgan fingerprint density at radius 3 is 2.62 bits per heavy atom. The first-order valence-corrected chi connectivity index (χ1v) is 8.19. The minimum atomic E-state index is -3.59. The third-order valence-corrected chi connectivity index (χ3v) is 4.44. The topological polar surface area (TPSA) is 72.5 Å². The number of nitrogens with one attached hydrogen (secondary N) is 1. The lowest BCUT2D eigenvalue weighted by Gasteiger charge is -2.08. The largest absolute Gasteiger partial charge is 0.461 e. The monoisotopic (exact) mass is 311 g/mol. The van der Waals surface area contributed by atoms with Gasteiger partial charge in [-0.1, -0.05) is 18.2 Å². The minimum Gasteiger partial charge on any atom is -0.461 e. The summed E-state index contributed by atoms with van der Waals surface area (Å²) in [5, 5.41) is 0. The first-order valence-electron chi connectivity index (χ1n) is 6.70. The van der Waals surface area contributed by atoms with Crippen LogP contribution in [0.1, 0.15) is 24.5 Å². The van der Waals surface area contributed by atoms with Crippen LogP contribution in [0.25, 0.3) is 0 Å². The Morgan fingerprint density at radius 2 is 2.00 bits per heavy atom. The average Bonchev–Trinajstić information content (AvgIpc) is 2.42. The van der Waals surface area contributed by atoms with Gasteiger partial charge < -0.3 is 4.74 Å². The Kier molecular flexibility index (Phi) is 6.58. The number of carbonyl (C=O) groups excluding carboxylic acids is 1. The van der Waals surface area contributed by atoms with Crippen LogP contribution in [0, 0.1) is 13.8 Å². The van der Waals surface area contributed by atoms with Crippen LogP contribution in [-0.4, -0.2) is 27.5 Å². The molecule has 0 saturated heterocycles. The maximum Gasteiger partial charge on any atom is 0.307 e. The van der Waals surface area contributed by atoms with Gasteiger partial charge in [-0.15, -0.1) is 0 Å². The summed E-state index contributed by atoms with van der Waals surface area (Å²) in [4.78, 5) is 11.5. The SMILES string of the molecule is C/C=C/COC(=O)CCNS(=O)(=O)c1ccc(C)c(C)c1. The van der Waals surface area contributed by atoms with Gasteiger partial charge in [0.25, 0.3) is 0 Å². The normalized spacial score (nSPS) is 11.8. The molecule has 5 nitrogen and oxygen atoms in total. The highest BCUT2D eigenvalue weighted by Crippen LogP contribution is 2.14. The number of hydrogen-bond acceptors (Lipinski definition) is 4. The molecular formula is C15H21NO4S. The molecule has 0 aliphatic rings. The Labute approximate surface area is 126 Å². The quantitative estimate of drug-likeness (QED) is 0.618. The molecule has 0 aliphatic heterocycles. The fourth-order valence-corrected chi connectivity index (χ4v) is 2.68. The summed E-state index contributed by atoms with van der Waals surface area (Å²) in [5.74, 6) is -0.434. The van der Waals surface area contributed by atoms with E-state index in [1.807, 2.05) is 20.8 Å². The number of sulfonamides is 1. The molecule has 0 heterocycles. The summed E-state index contributed by atoms with van der Waals surface area (Å²) in [6.45, 7) is 5.82. The predicted molar refractivity (Wildman–Crippen MR) is 81.5 cm³/mol. The van der Waals surface area contributed by atoms with Crippen molar-refractivity contribution in [3.05, 3.63) is 41.5 Å². The van der Waals surface area contributed by atoms with Crippen molar-refractivity contribution < 1.29 is 17.9 Å². The number of allylic oxidation sites excluding steroid dienone is 1. The van der Waals surface area contributed by atoms with E-state index in [9.17, 15) is 13.2 Å². The number of benzene rings is 1. The fraction of sp³-hybridized carbons (Fsp3) is 0.400. The Hall–Kier alpha value is -1.66. The lowest BCUT2D eigenvalue weighted by Crippen LogP contribution is -2.27. The van der Waals surface area contributed by atoms with Crippen molar-refractivity contribution in [2.45, 2.75) is 32.1 Å². The van der Waals surface area contributed by atoms with Crippen molar-refractivity contribution in [1.29, 1.82) is 0 Å². The number of aryl methyl sites for hydroxylation is 2. The van der Waals surface area contributed by atoms with Crippen LogP contribution < -0.4 is 4.72 Å². The second kappa shape index (κ2) is 7.95. The van der Waals surface area contributed by atoms with Gasteiger partial charge >= 0.3 is 5.97 Å². The Balaban J connectivity index is 2.53. The molecule has 1 aromatic carbocycles. The lowest BCUT2D eigenvalue weighted by atomic mass is 10.1. The van der Waals surface area contributed by atoms with Crippen LogP contribution in [0.2, 0.25) is 0 Å².